The monoisotopic (exact) mass is 311 g/mol. The Balaban J connectivity index is -0.0000000450. The molecule has 4 nitrogen and oxygen atoms in total. The number of hydrogen-bond acceptors (Lipinski definition) is 2. The van der Waals surface area contributed by atoms with Gasteiger partial charge in [-0.15, -0.1) is 22.5 Å². The van der Waals surface area contributed by atoms with Crippen molar-refractivity contribution in [2.24, 2.45) is 0 Å². The molecule has 0 aliphatic heterocycles. The van der Waals surface area contributed by atoms with E-state index in [2.05, 4.69) is 0 Å². The van der Waals surface area contributed by atoms with Crippen molar-refractivity contribution in [2.45, 2.75) is 0 Å². The van der Waals surface area contributed by atoms with Crippen molar-refractivity contribution in [3.63, 3.8) is 0 Å². The molecule has 6 heteroatoms. The molecule has 0 aromatic carbocycles. The van der Waals surface area contributed by atoms with Crippen LogP contribution < -0.4 is 0 Å². The van der Waals surface area contributed by atoms with Crippen LogP contribution in [0, 0.1) is 10.1 Å². The molecule has 0 aliphatic rings. The van der Waals surface area contributed by atoms with Crippen molar-refractivity contribution >= 4 is 38.6 Å². The first kappa shape index (κ1) is 16.2. The van der Waals surface area contributed by atoms with Gasteiger partial charge in [0.1, 0.15) is 0 Å². The van der Waals surface area contributed by atoms with E-state index >= 15 is 0 Å². The van der Waals surface area contributed by atoms with Gasteiger partial charge >= 0.3 is 26.2 Å². The molecule has 0 amide bonds. The summed E-state index contributed by atoms with van der Waals surface area (Å²) in [5, 5.41) is 13.6. The fourth-order valence-electron chi connectivity index (χ4n) is 0. The average molecular weight is 311 g/mol. The van der Waals surface area contributed by atoms with Crippen molar-refractivity contribution < 1.29 is 10.3 Å². The maximum absolute atomic E-state index is 8.36. The van der Waals surface area contributed by atoms with E-state index in [1.165, 1.54) is 0 Å². The number of rotatable bonds is 0. The zero-order valence-corrected chi connectivity index (χ0v) is 9.14. The zero-order valence-electron chi connectivity index (χ0n) is 2.83. The Morgan fingerprint density at radius 3 is 1.67 bits per heavy atom. The van der Waals surface area contributed by atoms with E-state index in [9.17, 15) is 0 Å². The number of hydrogen-bond donors (Lipinski definition) is 1. The van der Waals surface area contributed by atoms with E-state index < -0.39 is 5.09 Å². The van der Waals surface area contributed by atoms with E-state index in [0.29, 0.717) is 0 Å². The third-order valence-corrected chi connectivity index (χ3v) is 0. The fourth-order valence-corrected chi connectivity index (χ4v) is 0. The molecule has 1 N–H and O–H groups in total. The first-order valence-corrected chi connectivity index (χ1v) is 0.565. The van der Waals surface area contributed by atoms with Gasteiger partial charge < -0.3 is 5.21 Å². The SMILES string of the molecule is Cl.O=[N+]([O-])O.[BiH3]. The first-order chi connectivity index (χ1) is 1.73. The molecule has 0 heterocycles. The van der Waals surface area contributed by atoms with Gasteiger partial charge in [-0.3, -0.25) is 0 Å². The van der Waals surface area contributed by atoms with E-state index in [4.69, 9.17) is 15.3 Å². The third-order valence-electron chi connectivity index (χ3n) is 0. The van der Waals surface area contributed by atoms with E-state index in [-0.39, 0.29) is 38.6 Å². The molecule has 0 unspecified atom stereocenters. The Kier molecular flexibility index (Phi) is 24.3. The quantitative estimate of drug-likeness (QED) is 0.351. The van der Waals surface area contributed by atoms with Crippen LogP contribution in [0.2, 0.25) is 0 Å². The van der Waals surface area contributed by atoms with Gasteiger partial charge in [0.25, 0.3) is 5.09 Å². The van der Waals surface area contributed by atoms with Gasteiger partial charge in [-0.2, -0.15) is 0 Å². The zero-order chi connectivity index (χ0) is 3.58. The molecule has 0 aromatic rings. The number of nitrogens with zero attached hydrogens (tertiary/aromatic N) is 1. The van der Waals surface area contributed by atoms with Gasteiger partial charge in [-0.05, 0) is 0 Å². The van der Waals surface area contributed by atoms with Gasteiger partial charge in [0.05, 0.1) is 0 Å². The van der Waals surface area contributed by atoms with Crippen LogP contribution in [0.1, 0.15) is 0 Å². The first-order valence-electron chi connectivity index (χ1n) is 0.565. The van der Waals surface area contributed by atoms with Gasteiger partial charge in [0, 0.05) is 0 Å². The van der Waals surface area contributed by atoms with Gasteiger partial charge in [0.15, 0.2) is 0 Å². The molecule has 0 atom stereocenters. The van der Waals surface area contributed by atoms with Crippen LogP contribution in [0.4, 0.5) is 0 Å². The molecule has 0 saturated carbocycles. The van der Waals surface area contributed by atoms with Crippen LogP contribution in [0.5, 0.6) is 0 Å². The van der Waals surface area contributed by atoms with Crippen LogP contribution in [-0.4, -0.2) is 36.5 Å². The average Bonchev–Trinajstić information content (AvgIpc) is 0.811. The normalized spacial score (nSPS) is 4.00. The summed E-state index contributed by atoms with van der Waals surface area (Å²) in [6, 6.07) is 0. The Hall–Kier alpha value is 0.373. The molecule has 0 saturated heterocycles. The van der Waals surface area contributed by atoms with Crippen LogP contribution in [0.15, 0.2) is 0 Å². The molecule has 0 fully saturated rings. The molecule has 0 spiro atoms. The van der Waals surface area contributed by atoms with Crippen molar-refractivity contribution in [3.8, 4) is 0 Å². The molecular formula is H5BiClNO3. The van der Waals surface area contributed by atoms with Crippen molar-refractivity contribution in [1.82, 2.24) is 0 Å². The predicted octanol–water partition coefficient (Wildman–Crippen LogP) is -1.11. The molecule has 6 heavy (non-hydrogen) atoms. The van der Waals surface area contributed by atoms with E-state index in [1.807, 2.05) is 0 Å². The van der Waals surface area contributed by atoms with Crippen molar-refractivity contribution in [2.75, 3.05) is 0 Å². The second-order valence-corrected chi connectivity index (χ2v) is 0.238. The maximum atomic E-state index is 8.36. The van der Waals surface area contributed by atoms with Gasteiger partial charge in [0.2, 0.25) is 0 Å². The summed E-state index contributed by atoms with van der Waals surface area (Å²) in [6.45, 7) is 0. The van der Waals surface area contributed by atoms with E-state index in [0.717, 1.165) is 0 Å². The summed E-state index contributed by atoms with van der Waals surface area (Å²) in [7, 11) is 0. The van der Waals surface area contributed by atoms with Crippen LogP contribution in [0.25, 0.3) is 0 Å². The minimum atomic E-state index is -1.50. The summed E-state index contributed by atoms with van der Waals surface area (Å²) in [6.07, 6.45) is 0. The Morgan fingerprint density at radius 1 is 1.67 bits per heavy atom. The molecule has 40 valence electrons. The summed E-state index contributed by atoms with van der Waals surface area (Å²) in [5.74, 6) is 0. The Bertz CT molecular complexity index is 33.8. The molecule has 0 bridgehead atoms. The molecule has 0 radical (unpaired) electrons. The minimum absolute atomic E-state index is 0. The third kappa shape index (κ3) is 357. The summed E-state index contributed by atoms with van der Waals surface area (Å²) in [5.41, 5.74) is 0. The van der Waals surface area contributed by atoms with Gasteiger partial charge in [-0.25, -0.2) is 0 Å². The van der Waals surface area contributed by atoms with Crippen molar-refractivity contribution in [1.29, 1.82) is 0 Å². The predicted molar refractivity (Wildman–Crippen MR) is 26.0 cm³/mol. The van der Waals surface area contributed by atoms with E-state index in [1.54, 1.807) is 0 Å². The Labute approximate surface area is 59.2 Å². The fraction of sp³-hybridized carbons (Fsp3) is 0. The Morgan fingerprint density at radius 2 is 1.67 bits per heavy atom. The molecular weight excluding hydrogens is 306 g/mol. The van der Waals surface area contributed by atoms with Crippen molar-refractivity contribution in [3.05, 3.63) is 10.1 Å². The topological polar surface area (TPSA) is 63.4 Å². The number of halogens is 1. The summed E-state index contributed by atoms with van der Waals surface area (Å²) >= 11 is 0. The second kappa shape index (κ2) is 9.03. The molecule has 0 rings (SSSR count). The van der Waals surface area contributed by atoms with Crippen LogP contribution in [-0.2, 0) is 0 Å². The summed E-state index contributed by atoms with van der Waals surface area (Å²) in [4.78, 5) is 8.36. The van der Waals surface area contributed by atoms with Gasteiger partial charge in [-0.1, -0.05) is 0 Å². The van der Waals surface area contributed by atoms with Crippen LogP contribution in [0.3, 0.4) is 0 Å². The molecule has 0 aliphatic carbocycles. The second-order valence-electron chi connectivity index (χ2n) is 0.238. The summed E-state index contributed by atoms with van der Waals surface area (Å²) < 4.78 is 0. The standard InChI is InChI=1S/Bi.ClH.HNO3.3H/c;;2-1(3)4;;;/h;1H;(H,2,3,4);;;. The van der Waals surface area contributed by atoms with Crippen LogP contribution >= 0.6 is 12.4 Å². The molecule has 0 aromatic heterocycles.